The summed E-state index contributed by atoms with van der Waals surface area (Å²) in [6.07, 6.45) is 4.01. The standard InChI is InChI=1S/C20H30N10/c1-2-30-18-16(27-20(30)25-10-11-4-3-5-14(22)15(11)23)17(24)28-19(29-18)26-13-8-6-12(21)7-9-13/h3-5,12-13H,2,6-10,21-23H2,1H3,(H,25,27)(H3,24,26,28,29). The second kappa shape index (κ2) is 8.23. The lowest BCUT2D eigenvalue weighted by atomic mass is 9.92. The molecule has 1 aliphatic rings. The van der Waals surface area contributed by atoms with Crippen LogP contribution in [-0.2, 0) is 13.1 Å². The topological polar surface area (TPSA) is 172 Å². The lowest BCUT2D eigenvalue weighted by molar-refractivity contribution is 0.410. The number of nitrogen functional groups attached to an aromatic ring is 3. The molecule has 0 atom stereocenters. The molecule has 0 amide bonds. The van der Waals surface area contributed by atoms with Crippen LogP contribution in [-0.4, -0.2) is 31.6 Å². The van der Waals surface area contributed by atoms with Gasteiger partial charge in [0.2, 0.25) is 11.9 Å². The highest BCUT2D eigenvalue weighted by Gasteiger charge is 2.21. The van der Waals surface area contributed by atoms with Crippen LogP contribution in [0.2, 0.25) is 0 Å². The number of nitrogens with two attached hydrogens (primary N) is 4. The van der Waals surface area contributed by atoms with E-state index in [4.69, 9.17) is 27.9 Å². The van der Waals surface area contributed by atoms with E-state index < -0.39 is 0 Å². The van der Waals surface area contributed by atoms with Gasteiger partial charge in [-0.05, 0) is 44.2 Å². The number of anilines is 5. The third-order valence-electron chi connectivity index (χ3n) is 5.71. The molecule has 160 valence electrons. The summed E-state index contributed by atoms with van der Waals surface area (Å²) in [5.74, 6) is 1.55. The summed E-state index contributed by atoms with van der Waals surface area (Å²) in [4.78, 5) is 13.8. The number of nitrogens with zero attached hydrogens (tertiary/aromatic N) is 4. The Hall–Kier alpha value is -3.27. The fraction of sp³-hybridized carbons (Fsp3) is 0.450. The van der Waals surface area contributed by atoms with Crippen molar-refractivity contribution in [1.29, 1.82) is 0 Å². The third-order valence-corrected chi connectivity index (χ3v) is 5.71. The van der Waals surface area contributed by atoms with Gasteiger partial charge in [0.05, 0.1) is 11.4 Å². The van der Waals surface area contributed by atoms with Gasteiger partial charge in [-0.1, -0.05) is 12.1 Å². The van der Waals surface area contributed by atoms with Crippen molar-refractivity contribution in [3.8, 4) is 0 Å². The lowest BCUT2D eigenvalue weighted by Crippen LogP contribution is -2.33. The first kappa shape index (κ1) is 20.0. The second-order valence-electron chi connectivity index (χ2n) is 7.81. The number of hydrogen-bond acceptors (Lipinski definition) is 9. The van der Waals surface area contributed by atoms with E-state index >= 15 is 0 Å². The van der Waals surface area contributed by atoms with Crippen LogP contribution in [0.5, 0.6) is 0 Å². The summed E-state index contributed by atoms with van der Waals surface area (Å²) < 4.78 is 1.98. The molecule has 1 fully saturated rings. The zero-order valence-corrected chi connectivity index (χ0v) is 17.2. The molecule has 2 heterocycles. The smallest absolute Gasteiger partial charge is 0.226 e. The molecule has 2 aromatic heterocycles. The van der Waals surface area contributed by atoms with Crippen molar-refractivity contribution in [2.45, 2.75) is 57.8 Å². The minimum Gasteiger partial charge on any atom is -0.397 e. The summed E-state index contributed by atoms with van der Waals surface area (Å²) in [7, 11) is 0. The van der Waals surface area contributed by atoms with Crippen LogP contribution in [0.15, 0.2) is 18.2 Å². The van der Waals surface area contributed by atoms with Crippen molar-refractivity contribution in [3.05, 3.63) is 23.8 Å². The van der Waals surface area contributed by atoms with Crippen LogP contribution < -0.4 is 33.6 Å². The first-order valence-electron chi connectivity index (χ1n) is 10.4. The monoisotopic (exact) mass is 410 g/mol. The molecule has 10 heteroatoms. The van der Waals surface area contributed by atoms with Gasteiger partial charge in [-0.25, -0.2) is 4.98 Å². The molecule has 4 rings (SSSR count). The Kier molecular flexibility index (Phi) is 5.49. The van der Waals surface area contributed by atoms with Crippen LogP contribution in [0.3, 0.4) is 0 Å². The predicted octanol–water partition coefficient (Wildman–Crippen LogP) is 1.89. The molecule has 0 saturated heterocycles. The van der Waals surface area contributed by atoms with Crippen LogP contribution in [0.1, 0.15) is 38.2 Å². The van der Waals surface area contributed by atoms with Crippen molar-refractivity contribution < 1.29 is 0 Å². The number of aryl methyl sites for hydroxylation is 1. The maximum Gasteiger partial charge on any atom is 0.226 e. The van der Waals surface area contributed by atoms with Crippen molar-refractivity contribution in [2.75, 3.05) is 27.8 Å². The highest BCUT2D eigenvalue weighted by molar-refractivity contribution is 5.85. The molecule has 1 saturated carbocycles. The number of imidazole rings is 1. The highest BCUT2D eigenvalue weighted by Crippen LogP contribution is 2.26. The average Bonchev–Trinajstić information content (AvgIpc) is 3.09. The van der Waals surface area contributed by atoms with Crippen molar-refractivity contribution >= 4 is 40.3 Å². The Morgan fingerprint density at radius 1 is 1.07 bits per heavy atom. The van der Waals surface area contributed by atoms with Crippen molar-refractivity contribution in [1.82, 2.24) is 19.5 Å². The Bertz CT molecular complexity index is 1040. The number of para-hydroxylation sites is 1. The van der Waals surface area contributed by atoms with Crippen LogP contribution >= 0.6 is 0 Å². The summed E-state index contributed by atoms with van der Waals surface area (Å²) in [5.41, 5.74) is 27.5. The van der Waals surface area contributed by atoms with Gasteiger partial charge in [-0.15, -0.1) is 0 Å². The van der Waals surface area contributed by atoms with Gasteiger partial charge in [0.25, 0.3) is 0 Å². The van der Waals surface area contributed by atoms with E-state index in [-0.39, 0.29) is 0 Å². The van der Waals surface area contributed by atoms with Gasteiger partial charge in [0.1, 0.15) is 0 Å². The Labute approximate surface area is 175 Å². The number of fused-ring (bicyclic) bond motifs is 1. The SMILES string of the molecule is CCn1c(NCc2cccc(N)c2N)nc2c(N)nc(NC3CCC(N)CC3)nc21. The molecule has 1 aromatic carbocycles. The Morgan fingerprint density at radius 2 is 1.83 bits per heavy atom. The molecule has 3 aromatic rings. The van der Waals surface area contributed by atoms with E-state index in [1.165, 1.54) is 0 Å². The maximum atomic E-state index is 6.22. The Balaban J connectivity index is 1.58. The summed E-state index contributed by atoms with van der Waals surface area (Å²) in [6.45, 7) is 3.20. The Morgan fingerprint density at radius 3 is 2.57 bits per heavy atom. The molecule has 10 N–H and O–H groups in total. The highest BCUT2D eigenvalue weighted by atomic mass is 15.3. The van der Waals surface area contributed by atoms with Crippen LogP contribution in [0, 0.1) is 0 Å². The minimum absolute atomic E-state index is 0.292. The van der Waals surface area contributed by atoms with E-state index in [1.807, 2.05) is 23.6 Å². The van der Waals surface area contributed by atoms with Gasteiger partial charge in [-0.3, -0.25) is 4.57 Å². The molecule has 0 unspecified atom stereocenters. The number of aromatic nitrogens is 4. The third kappa shape index (κ3) is 3.90. The van der Waals surface area contributed by atoms with Gasteiger partial charge in [-0.2, -0.15) is 9.97 Å². The first-order valence-corrected chi connectivity index (χ1v) is 10.4. The average molecular weight is 411 g/mol. The van der Waals surface area contributed by atoms with Crippen LogP contribution in [0.4, 0.5) is 29.1 Å². The number of rotatable bonds is 6. The van der Waals surface area contributed by atoms with E-state index in [2.05, 4.69) is 20.6 Å². The van der Waals surface area contributed by atoms with Crippen LogP contribution in [0.25, 0.3) is 11.2 Å². The summed E-state index contributed by atoms with van der Waals surface area (Å²) in [5, 5.41) is 6.75. The van der Waals surface area contributed by atoms with Gasteiger partial charge in [0, 0.05) is 25.2 Å². The number of nitrogens with one attached hydrogen (secondary N) is 2. The predicted molar refractivity (Wildman–Crippen MR) is 122 cm³/mol. The maximum absolute atomic E-state index is 6.22. The molecule has 0 aliphatic heterocycles. The van der Waals surface area contributed by atoms with Crippen molar-refractivity contribution in [3.63, 3.8) is 0 Å². The van der Waals surface area contributed by atoms with Gasteiger partial charge in [0.15, 0.2) is 17.0 Å². The zero-order valence-electron chi connectivity index (χ0n) is 17.2. The van der Waals surface area contributed by atoms with Crippen molar-refractivity contribution in [2.24, 2.45) is 5.73 Å². The zero-order chi connectivity index (χ0) is 21.3. The molecule has 0 spiro atoms. The van der Waals surface area contributed by atoms with Gasteiger partial charge < -0.3 is 33.6 Å². The summed E-state index contributed by atoms with van der Waals surface area (Å²) in [6, 6.07) is 6.20. The lowest BCUT2D eigenvalue weighted by Gasteiger charge is -2.26. The molecule has 0 bridgehead atoms. The molecule has 10 nitrogen and oxygen atoms in total. The van der Waals surface area contributed by atoms with Gasteiger partial charge >= 0.3 is 0 Å². The molecule has 30 heavy (non-hydrogen) atoms. The first-order chi connectivity index (χ1) is 14.5. The number of benzene rings is 1. The van der Waals surface area contributed by atoms with E-state index in [1.54, 1.807) is 6.07 Å². The fourth-order valence-electron chi connectivity index (χ4n) is 3.93. The molecular weight excluding hydrogens is 380 g/mol. The minimum atomic E-state index is 0.292. The van der Waals surface area contributed by atoms with E-state index in [0.29, 0.717) is 65.4 Å². The molecule has 0 radical (unpaired) electrons. The summed E-state index contributed by atoms with van der Waals surface area (Å²) >= 11 is 0. The number of hydrogen-bond donors (Lipinski definition) is 6. The van der Waals surface area contributed by atoms with E-state index in [0.717, 1.165) is 31.2 Å². The molecular formula is C20H30N10. The normalized spacial score (nSPS) is 19.1. The quantitative estimate of drug-likeness (QED) is 0.332. The second-order valence-corrected chi connectivity index (χ2v) is 7.81. The fourth-order valence-corrected chi connectivity index (χ4v) is 3.93. The van der Waals surface area contributed by atoms with E-state index in [9.17, 15) is 0 Å². The molecule has 1 aliphatic carbocycles. The largest absolute Gasteiger partial charge is 0.397 e.